The summed E-state index contributed by atoms with van der Waals surface area (Å²) in [5.74, 6) is 2.96. The van der Waals surface area contributed by atoms with Gasteiger partial charge in [0.25, 0.3) is 0 Å². The third kappa shape index (κ3) is 2.88. The minimum absolute atomic E-state index is 0.734. The van der Waals surface area contributed by atoms with Gasteiger partial charge in [-0.1, -0.05) is 35.3 Å². The molecule has 11 heavy (non-hydrogen) atoms. The van der Waals surface area contributed by atoms with Gasteiger partial charge in [-0.05, 0) is 29.7 Å². The highest BCUT2D eigenvalue weighted by Gasteiger charge is 1.86. The maximum atomic E-state index is 5.75. The standard InChI is InChI=1S/C9H7ClS/c1-11-6-5-8-3-2-4-9(10)7-8/h2-4,7H,1H3. The number of halogens is 1. The van der Waals surface area contributed by atoms with Gasteiger partial charge >= 0.3 is 0 Å². The van der Waals surface area contributed by atoms with Crippen LogP contribution in [0.5, 0.6) is 0 Å². The molecular weight excluding hydrogens is 176 g/mol. The van der Waals surface area contributed by atoms with Crippen LogP contribution < -0.4 is 0 Å². The largest absolute Gasteiger partial charge is 0.0843 e. The monoisotopic (exact) mass is 182 g/mol. The first-order chi connectivity index (χ1) is 5.33. The van der Waals surface area contributed by atoms with Crippen molar-refractivity contribution < 1.29 is 0 Å². The Morgan fingerprint density at radius 2 is 2.27 bits per heavy atom. The van der Waals surface area contributed by atoms with Crippen molar-refractivity contribution in [3.05, 3.63) is 34.9 Å². The Bertz CT molecular complexity index is 296. The number of benzene rings is 1. The molecule has 1 aromatic carbocycles. The average molecular weight is 183 g/mol. The molecule has 56 valence electrons. The summed E-state index contributed by atoms with van der Waals surface area (Å²) in [5.41, 5.74) is 0.965. The summed E-state index contributed by atoms with van der Waals surface area (Å²) in [5, 5.41) is 3.63. The third-order valence-electron chi connectivity index (χ3n) is 1.12. The lowest BCUT2D eigenvalue weighted by Crippen LogP contribution is -1.71. The average Bonchev–Trinajstić information content (AvgIpc) is 2.01. The Balaban J connectivity index is 2.87. The van der Waals surface area contributed by atoms with Gasteiger partial charge in [-0.3, -0.25) is 0 Å². The lowest BCUT2D eigenvalue weighted by atomic mass is 10.2. The van der Waals surface area contributed by atoms with Gasteiger partial charge in [0.15, 0.2) is 0 Å². The molecule has 0 bridgehead atoms. The highest BCUT2D eigenvalue weighted by atomic mass is 35.5. The van der Waals surface area contributed by atoms with Crippen LogP contribution in [0.1, 0.15) is 5.56 Å². The van der Waals surface area contributed by atoms with Crippen molar-refractivity contribution in [3.8, 4) is 11.2 Å². The van der Waals surface area contributed by atoms with Crippen LogP contribution in [-0.2, 0) is 0 Å². The number of hydrogen-bond acceptors (Lipinski definition) is 1. The minimum Gasteiger partial charge on any atom is -0.0843 e. The van der Waals surface area contributed by atoms with Gasteiger partial charge in [-0.15, -0.1) is 0 Å². The lowest BCUT2D eigenvalue weighted by molar-refractivity contribution is 1.65. The van der Waals surface area contributed by atoms with E-state index >= 15 is 0 Å². The Morgan fingerprint density at radius 1 is 1.45 bits per heavy atom. The summed E-state index contributed by atoms with van der Waals surface area (Å²) in [6, 6.07) is 7.53. The minimum atomic E-state index is 0.734. The van der Waals surface area contributed by atoms with E-state index in [1.807, 2.05) is 30.5 Å². The zero-order valence-electron chi connectivity index (χ0n) is 6.10. The maximum absolute atomic E-state index is 5.75. The molecule has 0 aliphatic carbocycles. The molecule has 1 rings (SSSR count). The first-order valence-electron chi connectivity index (χ1n) is 3.12. The lowest BCUT2D eigenvalue weighted by Gasteiger charge is -1.89. The van der Waals surface area contributed by atoms with Gasteiger partial charge in [-0.25, -0.2) is 0 Å². The highest BCUT2D eigenvalue weighted by molar-refractivity contribution is 8.03. The Morgan fingerprint density at radius 3 is 2.91 bits per heavy atom. The van der Waals surface area contributed by atoms with E-state index in [-0.39, 0.29) is 0 Å². The van der Waals surface area contributed by atoms with Crippen LogP contribution in [0.15, 0.2) is 24.3 Å². The van der Waals surface area contributed by atoms with E-state index in [0.717, 1.165) is 10.6 Å². The Hall–Kier alpha value is -0.580. The van der Waals surface area contributed by atoms with Gasteiger partial charge in [-0.2, -0.15) is 0 Å². The quantitative estimate of drug-likeness (QED) is 0.556. The van der Waals surface area contributed by atoms with Gasteiger partial charge in [0.2, 0.25) is 0 Å². The summed E-state index contributed by atoms with van der Waals surface area (Å²) in [6.07, 6.45) is 1.94. The zero-order valence-corrected chi connectivity index (χ0v) is 7.67. The molecule has 0 N–H and O–H groups in total. The van der Waals surface area contributed by atoms with Crippen molar-refractivity contribution in [1.82, 2.24) is 0 Å². The topological polar surface area (TPSA) is 0 Å². The van der Waals surface area contributed by atoms with E-state index in [4.69, 9.17) is 11.6 Å². The van der Waals surface area contributed by atoms with E-state index in [1.165, 1.54) is 11.8 Å². The first kappa shape index (κ1) is 8.52. The molecule has 0 aliphatic rings. The van der Waals surface area contributed by atoms with E-state index < -0.39 is 0 Å². The third-order valence-corrected chi connectivity index (χ3v) is 1.66. The van der Waals surface area contributed by atoms with Gasteiger partial charge in [0, 0.05) is 10.6 Å². The van der Waals surface area contributed by atoms with Crippen molar-refractivity contribution >= 4 is 23.4 Å². The number of rotatable bonds is 0. The normalized spacial score (nSPS) is 8.55. The fourth-order valence-electron chi connectivity index (χ4n) is 0.676. The van der Waals surface area contributed by atoms with Crippen LogP contribution in [0.25, 0.3) is 0 Å². The Labute approximate surface area is 76.0 Å². The number of thioether (sulfide) groups is 1. The second-order valence-corrected chi connectivity index (χ2v) is 2.99. The number of hydrogen-bond donors (Lipinski definition) is 0. The molecule has 0 radical (unpaired) electrons. The van der Waals surface area contributed by atoms with Crippen molar-refractivity contribution in [1.29, 1.82) is 0 Å². The predicted molar refractivity (Wildman–Crippen MR) is 51.8 cm³/mol. The van der Waals surface area contributed by atoms with Crippen LogP contribution in [0.4, 0.5) is 0 Å². The molecule has 0 atom stereocenters. The fraction of sp³-hybridized carbons (Fsp3) is 0.111. The molecule has 0 heterocycles. The van der Waals surface area contributed by atoms with Crippen LogP contribution >= 0.6 is 23.4 Å². The van der Waals surface area contributed by atoms with E-state index in [2.05, 4.69) is 11.2 Å². The molecule has 0 amide bonds. The van der Waals surface area contributed by atoms with Crippen molar-refractivity contribution in [2.24, 2.45) is 0 Å². The highest BCUT2D eigenvalue weighted by Crippen LogP contribution is 2.09. The summed E-state index contributed by atoms with van der Waals surface area (Å²) >= 11 is 7.25. The second-order valence-electron chi connectivity index (χ2n) is 1.94. The van der Waals surface area contributed by atoms with Crippen molar-refractivity contribution in [2.45, 2.75) is 0 Å². The SMILES string of the molecule is CSC#Cc1cccc(Cl)c1. The molecule has 0 nitrogen and oxygen atoms in total. The van der Waals surface area contributed by atoms with E-state index in [9.17, 15) is 0 Å². The van der Waals surface area contributed by atoms with Crippen LogP contribution in [0, 0.1) is 11.2 Å². The molecule has 0 fully saturated rings. The summed E-state index contributed by atoms with van der Waals surface area (Å²) in [4.78, 5) is 0. The van der Waals surface area contributed by atoms with Crippen molar-refractivity contribution in [2.75, 3.05) is 6.26 Å². The molecule has 0 aliphatic heterocycles. The molecule has 0 saturated carbocycles. The second kappa shape index (κ2) is 4.33. The molecular formula is C9H7ClS. The summed E-state index contributed by atoms with van der Waals surface area (Å²) in [7, 11) is 0. The molecule has 0 spiro atoms. The fourth-order valence-corrected chi connectivity index (χ4v) is 1.09. The Kier molecular flexibility index (Phi) is 3.35. The molecule has 0 saturated heterocycles. The van der Waals surface area contributed by atoms with Crippen LogP contribution in [-0.4, -0.2) is 6.26 Å². The molecule has 1 aromatic rings. The van der Waals surface area contributed by atoms with Gasteiger partial charge in [0.1, 0.15) is 0 Å². The van der Waals surface area contributed by atoms with Gasteiger partial charge < -0.3 is 0 Å². The predicted octanol–water partition coefficient (Wildman–Crippen LogP) is 3.01. The van der Waals surface area contributed by atoms with Crippen LogP contribution in [0.2, 0.25) is 5.02 Å². The smallest absolute Gasteiger partial charge is 0.0418 e. The van der Waals surface area contributed by atoms with E-state index in [1.54, 1.807) is 0 Å². The molecule has 0 unspecified atom stereocenters. The van der Waals surface area contributed by atoms with Crippen LogP contribution in [0.3, 0.4) is 0 Å². The zero-order chi connectivity index (χ0) is 8.10. The van der Waals surface area contributed by atoms with E-state index in [0.29, 0.717) is 0 Å². The molecule has 0 aromatic heterocycles. The maximum Gasteiger partial charge on any atom is 0.0418 e. The summed E-state index contributed by atoms with van der Waals surface area (Å²) in [6.45, 7) is 0. The summed E-state index contributed by atoms with van der Waals surface area (Å²) < 4.78 is 0. The first-order valence-corrected chi connectivity index (χ1v) is 4.73. The van der Waals surface area contributed by atoms with Crippen molar-refractivity contribution in [3.63, 3.8) is 0 Å². The van der Waals surface area contributed by atoms with Gasteiger partial charge in [0.05, 0.1) is 0 Å². The molecule has 2 heteroatoms.